The van der Waals surface area contributed by atoms with Gasteiger partial charge in [0.25, 0.3) is 5.56 Å². The van der Waals surface area contributed by atoms with E-state index in [9.17, 15) is 33.6 Å². The molecular weight excluding hydrogens is 1640 g/mol. The predicted octanol–water partition coefficient (Wildman–Crippen LogP) is 19.5. The number of aliphatic hydroxyl groups is 3. The molecule has 10 aromatic rings. The lowest BCUT2D eigenvalue weighted by Crippen LogP contribution is -2.26. The van der Waals surface area contributed by atoms with Gasteiger partial charge in [0.2, 0.25) is 0 Å². The highest BCUT2D eigenvalue weighted by atomic mass is 35.5. The van der Waals surface area contributed by atoms with Crippen LogP contribution in [0.15, 0.2) is 96.4 Å². The molecule has 37 heteroatoms. The fraction of sp³-hybridized carbons (Fsp3) is 0.507. The monoisotopic (exact) mass is 1730 g/mol. The van der Waals surface area contributed by atoms with E-state index in [1.807, 2.05) is 61.3 Å². The quantitative estimate of drug-likeness (QED) is 0.0269. The molecule has 0 saturated carbocycles. The minimum Gasteiger partial charge on any atom is -0.394 e. The van der Waals surface area contributed by atoms with Crippen molar-refractivity contribution < 1.29 is 85.4 Å². The van der Waals surface area contributed by atoms with Gasteiger partial charge in [-0.15, -0.1) is 56.7 Å². The van der Waals surface area contributed by atoms with Gasteiger partial charge in [-0.2, -0.15) is 8.62 Å². The fourth-order valence-electron chi connectivity index (χ4n) is 13.7. The van der Waals surface area contributed by atoms with Gasteiger partial charge in [0, 0.05) is 68.2 Å². The van der Waals surface area contributed by atoms with Crippen LogP contribution in [0.5, 0.6) is 0 Å². The van der Waals surface area contributed by atoms with E-state index in [2.05, 4.69) is 128 Å². The number of alkyl halides is 1. The first-order valence-corrected chi connectivity index (χ1v) is 45.8. The summed E-state index contributed by atoms with van der Waals surface area (Å²) in [6.07, 6.45) is 12.8. The van der Waals surface area contributed by atoms with Crippen molar-refractivity contribution in [2.45, 2.75) is 201 Å². The number of aromatic amines is 1. The minimum atomic E-state index is -5.62. The first kappa shape index (κ1) is 87.0. The Morgan fingerprint density at radius 3 is 1.22 bits per heavy atom. The summed E-state index contributed by atoms with van der Waals surface area (Å²) >= 11 is 35.8. The van der Waals surface area contributed by atoms with Crippen LogP contribution < -0.4 is 5.56 Å². The number of thiophene rings is 5. The van der Waals surface area contributed by atoms with E-state index in [0.717, 1.165) is 87.6 Å². The van der Waals surface area contributed by atoms with Crippen LogP contribution in [0.1, 0.15) is 142 Å². The maximum atomic E-state index is 12.5. The molecule has 3 unspecified atom stereocenters. The molecule has 17 atom stereocenters. The number of H-pyrrole nitrogens is 1. The predicted molar refractivity (Wildman–Crippen MR) is 439 cm³/mol. The maximum absolute atomic E-state index is 12.5. The van der Waals surface area contributed by atoms with E-state index in [1.54, 1.807) is 60.7 Å². The summed E-state index contributed by atoms with van der Waals surface area (Å²) in [5.41, 5.74) is 0.0644. The third kappa shape index (κ3) is 21.8. The van der Waals surface area contributed by atoms with E-state index in [-0.39, 0.29) is 48.9 Å². The third-order valence-corrected chi connectivity index (χ3v) is 30.5. The lowest BCUT2D eigenvalue weighted by molar-refractivity contribution is -0.0447. The molecule has 0 amide bonds. The Bertz CT molecular complexity index is 4990. The van der Waals surface area contributed by atoms with Crippen molar-refractivity contribution in [1.82, 2.24) is 23.3 Å². The van der Waals surface area contributed by atoms with E-state index in [0.29, 0.717) is 41.0 Å². The summed E-state index contributed by atoms with van der Waals surface area (Å²) in [5.74, 6) is 1.78. The Kier molecular flexibility index (Phi) is 30.2. The summed E-state index contributed by atoms with van der Waals surface area (Å²) < 4.78 is 90.0. The number of nitrogens with zero attached hydrogens (tertiary/aromatic N) is 4. The van der Waals surface area contributed by atoms with Crippen LogP contribution in [-0.2, 0) is 50.5 Å². The third-order valence-electron chi connectivity index (χ3n) is 18.9. The zero-order valence-corrected chi connectivity index (χ0v) is 71.9. The number of aryl methyl sites for hydroxylation is 5. The van der Waals surface area contributed by atoms with Crippen molar-refractivity contribution in [3.63, 3.8) is 0 Å². The van der Waals surface area contributed by atoms with Crippen molar-refractivity contribution in [1.29, 1.82) is 0 Å². The molecule has 5 aliphatic heterocycles. The van der Waals surface area contributed by atoms with Gasteiger partial charge in [-0.25, -0.2) is 13.7 Å². The first-order chi connectivity index (χ1) is 51.0. The number of halogens is 1. The van der Waals surface area contributed by atoms with Gasteiger partial charge in [0.15, 0.2) is 0 Å². The van der Waals surface area contributed by atoms with Crippen molar-refractivity contribution in [3.8, 4) is 0 Å². The number of fused-ring (bicyclic) bond motifs is 5. The molecular formula is C71H91ClN5O19P3S9. The van der Waals surface area contributed by atoms with Gasteiger partial charge >= 0.3 is 23.5 Å². The maximum Gasteiger partial charge on any atom is 0.490 e. The molecule has 5 aliphatic rings. The van der Waals surface area contributed by atoms with E-state index in [4.69, 9.17) is 104 Å². The van der Waals surface area contributed by atoms with E-state index in [1.165, 1.54) is 51.0 Å². The number of ether oxygens (including phenoxy) is 5. The normalized spacial score (nSPS) is 26.6. The van der Waals surface area contributed by atoms with Crippen molar-refractivity contribution >= 4 is 191 Å². The Balaban J connectivity index is 0.000000144. The number of aliphatic hydroxyl groups excluding tert-OH is 3. The Morgan fingerprint density at radius 2 is 0.843 bits per heavy atom. The van der Waals surface area contributed by atoms with Crippen LogP contribution in [0.4, 0.5) is 0 Å². The number of phosphoric ester groups is 1. The molecule has 5 fully saturated rings. The van der Waals surface area contributed by atoms with Gasteiger partial charge in [0.05, 0.1) is 67.2 Å². The molecule has 15 heterocycles. The number of rotatable bonds is 15. The van der Waals surface area contributed by atoms with Crippen LogP contribution in [0, 0.1) is 70.9 Å². The standard InChI is InChI=1S/C15H19NO2S.C15H19NOS2.C13H18NO12P3S2.C13H15NO3S2.C8H7NS2.C7H13ClO/c1-4-12-9(2)7-13(18-12)16-6-5-11-8-10(3)19-14(11)15(16)17;1-4-12-9(2)7-13(17-12)16-6-5-11-8-10(3)19-14(11)15(16)18;1-7-4-8-2-3-14(13(30)12(8)31-7)11-5-9(15)10(24-11)6-23-28(19,20)26-29(21,22)25-27(16,17)18;1-7-4-8-2-3-14(13(18)12(8)19-7)11-5-9(16)10(6-15)17-11;1-5-4-6-2-3-9-8(10)7(6)11-5;1-3-6-5(2)4-7(8)9-6/h2*5-6,8-9,12-13H,4,7H2,1-3H3;2-4,9-11,15H,5-6H2,1H3,(H,19,20)(H,21,22)(H2,16,17,18);2-4,9-11,15-16H,5-6H2,1H3;2-4H,1H3,(H,9,10);5-7H,3-4H2,1-2H3/t2*9-,12-,13-;2*9-,10-,11-;;5-,6-,7?/m1111.1/s1. The Labute approximate surface area is 670 Å². The topological polar surface area (TPSA) is 319 Å². The van der Waals surface area contributed by atoms with Crippen LogP contribution in [0.2, 0.25) is 0 Å². The summed E-state index contributed by atoms with van der Waals surface area (Å²) in [6, 6.07) is 20.6. The van der Waals surface area contributed by atoms with Gasteiger partial charge in [-0.3, -0.25) is 13.9 Å². The number of hydrogen-bond donors (Lipinski definition) is 8. The smallest absolute Gasteiger partial charge is 0.394 e. The summed E-state index contributed by atoms with van der Waals surface area (Å²) in [6.45, 7) is 22.5. The summed E-state index contributed by atoms with van der Waals surface area (Å²) in [7, 11) is -16.4. The van der Waals surface area contributed by atoms with Crippen LogP contribution >= 0.6 is 141 Å². The van der Waals surface area contributed by atoms with Gasteiger partial charge in [0.1, 0.15) is 61.2 Å². The van der Waals surface area contributed by atoms with Crippen molar-refractivity contribution in [3.05, 3.63) is 145 Å². The van der Waals surface area contributed by atoms with Crippen LogP contribution in [0.3, 0.4) is 0 Å². The Morgan fingerprint density at radius 1 is 0.491 bits per heavy atom. The second-order valence-electron chi connectivity index (χ2n) is 27.3. The number of pyridine rings is 5. The molecule has 0 spiro atoms. The lowest BCUT2D eigenvalue weighted by atomic mass is 10.0. The zero-order valence-electron chi connectivity index (χ0n) is 61.1. The lowest BCUT2D eigenvalue weighted by Gasteiger charge is -2.19. The van der Waals surface area contributed by atoms with Crippen LogP contribution in [-0.4, -0.2) is 120 Å². The second-order valence-corrected chi connectivity index (χ2v) is 40.0. The molecule has 5 saturated heterocycles. The van der Waals surface area contributed by atoms with E-state index >= 15 is 0 Å². The van der Waals surface area contributed by atoms with Crippen molar-refractivity contribution in [2.24, 2.45) is 17.8 Å². The molecule has 0 aromatic carbocycles. The molecule has 8 N–H and O–H groups in total. The first-order valence-electron chi connectivity index (χ1n) is 35.2. The number of phosphoric acid groups is 3. The largest absolute Gasteiger partial charge is 0.490 e. The minimum absolute atomic E-state index is 0.0232. The van der Waals surface area contributed by atoms with E-state index < -0.39 is 60.7 Å². The zero-order chi connectivity index (χ0) is 78.6. The number of aromatic nitrogens is 5. The molecule has 10 aromatic heterocycles. The van der Waals surface area contributed by atoms with Crippen LogP contribution in [0.25, 0.3) is 50.4 Å². The van der Waals surface area contributed by atoms with Gasteiger partial charge in [-0.1, -0.05) is 102 Å². The number of nitrogens with one attached hydrogen (secondary N) is 1. The highest BCUT2D eigenvalue weighted by molar-refractivity contribution is 7.72. The number of hydrogen-bond acceptors (Lipinski definition) is 24. The van der Waals surface area contributed by atoms with Crippen molar-refractivity contribution in [2.75, 3.05) is 13.2 Å². The molecule has 0 aliphatic carbocycles. The second kappa shape index (κ2) is 37.5. The highest BCUT2D eigenvalue weighted by Gasteiger charge is 2.44. The average Bonchev–Trinajstić information content (AvgIpc) is 1.64. The fourth-order valence-corrected chi connectivity index (χ4v) is 23.4. The molecule has 0 bridgehead atoms. The molecule has 590 valence electrons. The molecule has 24 nitrogen and oxygen atoms in total. The van der Waals surface area contributed by atoms with Gasteiger partial charge in [-0.05, 0) is 178 Å². The molecule has 15 rings (SSSR count). The SMILES string of the molecule is CC[C@H]1OC(Cl)C[C@H]1C.CC[C@H]1O[C@@H](n2ccc3cc(C)sc3c2=O)C[C@H]1C.CC[C@H]1O[C@@H](n2ccc3cc(C)sc3c2=S)C[C@H]1C.Cc1cc2cc[nH]c(=S)c2s1.Cc1cc2ccn([C@H]3C[C@@H](O)[C@@H](CO)O3)c(=S)c2s1.Cc1cc2ccn([C@H]3C[C@@H](O)[C@@H](COP(=O)(O)OP(=O)(O)OP(=O)(O)O)O3)c(=S)c2s1. The summed E-state index contributed by atoms with van der Waals surface area (Å²) in [5, 5.41) is 34.8. The molecule has 0 radical (unpaired) electrons. The summed E-state index contributed by atoms with van der Waals surface area (Å²) in [4.78, 5) is 57.3. The molecule has 108 heavy (non-hydrogen) atoms. The highest BCUT2D eigenvalue weighted by Crippen LogP contribution is 2.66. The average molecular weight is 1740 g/mol. The van der Waals surface area contributed by atoms with Gasteiger partial charge < -0.3 is 77.3 Å². The Hall–Kier alpha value is -3.39.